The smallest absolute Gasteiger partial charge is 0.187 e. The van der Waals surface area contributed by atoms with E-state index in [1.807, 2.05) is 0 Å². The number of hydrogen-bond donors (Lipinski definition) is 1. The third kappa shape index (κ3) is 2.74. The van der Waals surface area contributed by atoms with Crippen molar-refractivity contribution in [2.45, 2.75) is 0 Å². The van der Waals surface area contributed by atoms with Crippen LogP contribution in [0.25, 0.3) is 17.1 Å². The van der Waals surface area contributed by atoms with E-state index < -0.39 is 5.82 Å². The third-order valence-electron chi connectivity index (χ3n) is 2.80. The molecule has 1 aromatic heterocycles. The van der Waals surface area contributed by atoms with Crippen molar-refractivity contribution in [2.24, 2.45) is 0 Å². The molecule has 0 aliphatic rings. The lowest BCUT2D eigenvalue weighted by molar-refractivity contribution is 0.628. The molecule has 0 amide bonds. The molecule has 0 radical (unpaired) electrons. The van der Waals surface area contributed by atoms with Crippen LogP contribution < -0.4 is 5.73 Å². The van der Waals surface area contributed by atoms with Crippen LogP contribution in [-0.2, 0) is 0 Å². The van der Waals surface area contributed by atoms with Crippen molar-refractivity contribution in [3.63, 3.8) is 0 Å². The molecular weight excluding hydrogens is 361 g/mol. The zero-order valence-corrected chi connectivity index (χ0v) is 12.8. The Labute approximate surface area is 132 Å². The second-order valence-electron chi connectivity index (χ2n) is 4.29. The Kier molecular flexibility index (Phi) is 3.60. The van der Waals surface area contributed by atoms with Crippen molar-refractivity contribution >= 4 is 33.2 Å². The van der Waals surface area contributed by atoms with E-state index in [9.17, 15) is 4.39 Å². The monoisotopic (exact) mass is 367 g/mol. The van der Waals surface area contributed by atoms with E-state index in [4.69, 9.17) is 17.3 Å². The predicted molar refractivity (Wildman–Crippen MR) is 81.7 cm³/mol. The fourth-order valence-electron chi connectivity index (χ4n) is 1.90. The lowest BCUT2D eigenvalue weighted by Gasteiger charge is -2.06. The molecule has 3 aromatic rings. The maximum atomic E-state index is 13.5. The summed E-state index contributed by atoms with van der Waals surface area (Å²) in [4.78, 5) is 0. The summed E-state index contributed by atoms with van der Waals surface area (Å²) in [5.74, 6) is -0.0759. The maximum absolute atomic E-state index is 13.5. The summed E-state index contributed by atoms with van der Waals surface area (Å²) in [7, 11) is 0. The number of halogens is 3. The first-order valence-electron chi connectivity index (χ1n) is 5.85. The molecule has 3 rings (SSSR count). The summed E-state index contributed by atoms with van der Waals surface area (Å²) >= 11 is 9.39. The minimum absolute atomic E-state index is 0.299. The molecule has 106 valence electrons. The first kappa shape index (κ1) is 14.0. The van der Waals surface area contributed by atoms with Gasteiger partial charge in [0.15, 0.2) is 5.82 Å². The number of aromatic nitrogens is 4. The van der Waals surface area contributed by atoms with E-state index in [1.165, 1.54) is 16.8 Å². The number of nitrogen functional groups attached to an aromatic ring is 1. The van der Waals surface area contributed by atoms with Crippen molar-refractivity contribution in [3.8, 4) is 17.1 Å². The summed E-state index contributed by atoms with van der Waals surface area (Å²) in [5.41, 5.74) is 7.09. The molecule has 0 saturated carbocycles. The van der Waals surface area contributed by atoms with Gasteiger partial charge in [-0.1, -0.05) is 11.6 Å². The van der Waals surface area contributed by atoms with Gasteiger partial charge >= 0.3 is 0 Å². The van der Waals surface area contributed by atoms with Crippen molar-refractivity contribution in [2.75, 3.05) is 5.73 Å². The van der Waals surface area contributed by atoms with Gasteiger partial charge in [0.2, 0.25) is 0 Å². The minimum Gasteiger partial charge on any atom is -0.399 e. The summed E-state index contributed by atoms with van der Waals surface area (Å²) in [5, 5.41) is 12.0. The Morgan fingerprint density at radius 1 is 1.19 bits per heavy atom. The quantitative estimate of drug-likeness (QED) is 0.703. The van der Waals surface area contributed by atoms with E-state index in [1.54, 1.807) is 24.3 Å². The Bertz CT molecular complexity index is 800. The molecule has 0 fully saturated rings. The molecule has 0 spiro atoms. The summed E-state index contributed by atoms with van der Waals surface area (Å²) in [6, 6.07) is 9.43. The zero-order valence-electron chi connectivity index (χ0n) is 10.5. The number of tetrazole rings is 1. The average Bonchev–Trinajstić information content (AvgIpc) is 2.90. The molecule has 0 bridgehead atoms. The summed E-state index contributed by atoms with van der Waals surface area (Å²) in [6.45, 7) is 0. The number of anilines is 1. The molecule has 0 aliphatic heterocycles. The standard InChI is InChI=1S/C13H8BrClFN5/c14-11-2-1-10(6-12(11)15)21-13(18-19-20-21)7-3-8(16)5-9(17)4-7/h1-6H,17H2. The topological polar surface area (TPSA) is 69.6 Å². The third-order valence-corrected chi connectivity index (χ3v) is 4.03. The van der Waals surface area contributed by atoms with Gasteiger partial charge in [0, 0.05) is 15.7 Å². The van der Waals surface area contributed by atoms with Gasteiger partial charge in [-0.15, -0.1) is 5.10 Å². The Balaban J connectivity index is 2.14. The minimum atomic E-state index is -0.451. The molecule has 21 heavy (non-hydrogen) atoms. The van der Waals surface area contributed by atoms with Crippen LogP contribution in [0.5, 0.6) is 0 Å². The van der Waals surface area contributed by atoms with E-state index >= 15 is 0 Å². The Morgan fingerprint density at radius 3 is 2.71 bits per heavy atom. The first-order valence-corrected chi connectivity index (χ1v) is 7.02. The van der Waals surface area contributed by atoms with Crippen LogP contribution in [-0.4, -0.2) is 20.2 Å². The molecule has 0 unspecified atom stereocenters. The van der Waals surface area contributed by atoms with Crippen LogP contribution in [0.2, 0.25) is 5.02 Å². The lowest BCUT2D eigenvalue weighted by Crippen LogP contribution is -2.00. The van der Waals surface area contributed by atoms with Gasteiger partial charge in [-0.25, -0.2) is 4.39 Å². The van der Waals surface area contributed by atoms with Gasteiger partial charge in [0.25, 0.3) is 0 Å². The number of benzene rings is 2. The van der Waals surface area contributed by atoms with Crippen molar-refractivity contribution in [3.05, 3.63) is 51.7 Å². The van der Waals surface area contributed by atoms with Crippen LogP contribution in [0, 0.1) is 5.82 Å². The van der Waals surface area contributed by atoms with Crippen molar-refractivity contribution in [1.82, 2.24) is 20.2 Å². The molecule has 0 aliphatic carbocycles. The van der Waals surface area contributed by atoms with Crippen LogP contribution in [0.3, 0.4) is 0 Å². The van der Waals surface area contributed by atoms with E-state index in [-0.39, 0.29) is 0 Å². The molecule has 8 heteroatoms. The zero-order chi connectivity index (χ0) is 15.0. The molecule has 2 aromatic carbocycles. The Hall–Kier alpha value is -1.99. The SMILES string of the molecule is Nc1cc(F)cc(-c2nnnn2-c2ccc(Br)c(Cl)c2)c1. The molecule has 0 saturated heterocycles. The van der Waals surface area contributed by atoms with Gasteiger partial charge in [-0.2, -0.15) is 4.68 Å². The fourth-order valence-corrected chi connectivity index (χ4v) is 2.32. The molecule has 2 N–H and O–H groups in total. The average molecular weight is 369 g/mol. The number of nitrogens with zero attached hydrogens (tertiary/aromatic N) is 4. The maximum Gasteiger partial charge on any atom is 0.187 e. The number of hydrogen-bond acceptors (Lipinski definition) is 4. The van der Waals surface area contributed by atoms with Gasteiger partial charge in [-0.05, 0) is 62.8 Å². The predicted octanol–water partition coefficient (Wildman–Crippen LogP) is 3.47. The summed E-state index contributed by atoms with van der Waals surface area (Å²) < 4.78 is 15.7. The largest absolute Gasteiger partial charge is 0.399 e. The van der Waals surface area contributed by atoms with Crippen LogP contribution in [0.4, 0.5) is 10.1 Å². The van der Waals surface area contributed by atoms with Crippen molar-refractivity contribution < 1.29 is 4.39 Å². The van der Waals surface area contributed by atoms with Crippen LogP contribution >= 0.6 is 27.5 Å². The highest BCUT2D eigenvalue weighted by Crippen LogP contribution is 2.27. The molecule has 5 nitrogen and oxygen atoms in total. The second-order valence-corrected chi connectivity index (χ2v) is 5.55. The molecule has 0 atom stereocenters. The lowest BCUT2D eigenvalue weighted by atomic mass is 10.2. The molecular formula is C13H8BrClFN5. The summed E-state index contributed by atoms with van der Waals surface area (Å²) in [6.07, 6.45) is 0. The van der Waals surface area contributed by atoms with E-state index in [2.05, 4.69) is 31.5 Å². The fraction of sp³-hybridized carbons (Fsp3) is 0. The van der Waals surface area contributed by atoms with Gasteiger partial charge in [0.1, 0.15) is 5.82 Å². The highest BCUT2D eigenvalue weighted by molar-refractivity contribution is 9.10. The second kappa shape index (κ2) is 5.42. The normalized spacial score (nSPS) is 10.8. The van der Waals surface area contributed by atoms with Gasteiger partial charge in [-0.3, -0.25) is 0 Å². The Morgan fingerprint density at radius 2 is 2.00 bits per heavy atom. The molecule has 1 heterocycles. The van der Waals surface area contributed by atoms with E-state index in [0.717, 1.165) is 4.47 Å². The van der Waals surface area contributed by atoms with Crippen LogP contribution in [0.1, 0.15) is 0 Å². The highest BCUT2D eigenvalue weighted by Gasteiger charge is 2.13. The van der Waals surface area contributed by atoms with E-state index in [0.29, 0.717) is 27.8 Å². The first-order chi connectivity index (χ1) is 10.0. The highest BCUT2D eigenvalue weighted by atomic mass is 79.9. The van der Waals surface area contributed by atoms with Gasteiger partial charge < -0.3 is 5.73 Å². The van der Waals surface area contributed by atoms with Gasteiger partial charge in [0.05, 0.1) is 10.7 Å². The van der Waals surface area contributed by atoms with Crippen molar-refractivity contribution in [1.29, 1.82) is 0 Å². The van der Waals surface area contributed by atoms with Crippen LogP contribution in [0.15, 0.2) is 40.9 Å². The number of nitrogens with two attached hydrogens (primary N) is 1. The number of rotatable bonds is 2.